The normalized spacial score (nSPS) is 21.5. The van der Waals surface area contributed by atoms with Gasteiger partial charge in [-0.25, -0.2) is 12.8 Å². The lowest BCUT2D eigenvalue weighted by atomic mass is 10.1. The third-order valence-electron chi connectivity index (χ3n) is 3.69. The van der Waals surface area contributed by atoms with Gasteiger partial charge in [0.05, 0.1) is 5.75 Å². The van der Waals surface area contributed by atoms with E-state index in [1.165, 1.54) is 24.5 Å². The Bertz CT molecular complexity index is 673. The lowest BCUT2D eigenvalue weighted by molar-refractivity contribution is 0.599. The van der Waals surface area contributed by atoms with E-state index < -0.39 is 9.84 Å². The SMILES string of the molecule is CN=C(NCc1cc(F)ccc1CS(C)(=O)=O)NC1CC1C. The smallest absolute Gasteiger partial charge is 0.191 e. The van der Waals surface area contributed by atoms with E-state index in [1.54, 1.807) is 7.05 Å². The van der Waals surface area contributed by atoms with Gasteiger partial charge in [-0.05, 0) is 35.6 Å². The van der Waals surface area contributed by atoms with Crippen molar-refractivity contribution in [2.45, 2.75) is 31.7 Å². The number of sulfone groups is 1. The molecule has 2 unspecified atom stereocenters. The van der Waals surface area contributed by atoms with E-state index in [2.05, 4.69) is 22.5 Å². The molecule has 1 aromatic carbocycles. The zero-order chi connectivity index (χ0) is 16.3. The Hall–Kier alpha value is -1.63. The molecule has 5 nitrogen and oxygen atoms in total. The number of rotatable bonds is 5. The van der Waals surface area contributed by atoms with Gasteiger partial charge in [-0.15, -0.1) is 0 Å². The number of guanidine groups is 1. The molecule has 1 aliphatic rings. The Morgan fingerprint density at radius 3 is 2.64 bits per heavy atom. The number of nitrogens with one attached hydrogen (secondary N) is 2. The highest BCUT2D eigenvalue weighted by molar-refractivity contribution is 7.89. The lowest BCUT2D eigenvalue weighted by Crippen LogP contribution is -2.38. The number of benzene rings is 1. The Balaban J connectivity index is 2.05. The summed E-state index contributed by atoms with van der Waals surface area (Å²) >= 11 is 0. The number of aliphatic imine (C=N–C) groups is 1. The van der Waals surface area contributed by atoms with Gasteiger partial charge in [0.15, 0.2) is 15.8 Å². The van der Waals surface area contributed by atoms with Crippen molar-refractivity contribution in [1.29, 1.82) is 0 Å². The van der Waals surface area contributed by atoms with E-state index in [4.69, 9.17) is 0 Å². The maximum absolute atomic E-state index is 13.4. The van der Waals surface area contributed by atoms with Gasteiger partial charge in [0.1, 0.15) is 5.82 Å². The summed E-state index contributed by atoms with van der Waals surface area (Å²) in [6.45, 7) is 2.48. The highest BCUT2D eigenvalue weighted by atomic mass is 32.2. The summed E-state index contributed by atoms with van der Waals surface area (Å²) in [4.78, 5) is 4.13. The Morgan fingerprint density at radius 1 is 1.41 bits per heavy atom. The Kier molecular flexibility index (Phi) is 5.05. The van der Waals surface area contributed by atoms with Crippen LogP contribution in [0.5, 0.6) is 0 Å². The van der Waals surface area contributed by atoms with Crippen LogP contribution in [0.1, 0.15) is 24.5 Å². The molecule has 1 fully saturated rings. The zero-order valence-corrected chi connectivity index (χ0v) is 13.9. The van der Waals surface area contributed by atoms with E-state index in [1.807, 2.05) is 0 Å². The van der Waals surface area contributed by atoms with Crippen LogP contribution in [0.25, 0.3) is 0 Å². The molecule has 1 aromatic rings. The second-order valence-corrected chi connectivity index (χ2v) is 8.01. The van der Waals surface area contributed by atoms with Gasteiger partial charge in [0.2, 0.25) is 0 Å². The fourth-order valence-corrected chi connectivity index (χ4v) is 3.10. The molecule has 2 rings (SSSR count). The van der Waals surface area contributed by atoms with Crippen LogP contribution in [0.4, 0.5) is 4.39 Å². The predicted molar refractivity (Wildman–Crippen MR) is 85.9 cm³/mol. The molecule has 1 aliphatic carbocycles. The summed E-state index contributed by atoms with van der Waals surface area (Å²) in [5.41, 5.74) is 1.23. The topological polar surface area (TPSA) is 70.6 Å². The summed E-state index contributed by atoms with van der Waals surface area (Å²) in [5, 5.41) is 6.38. The van der Waals surface area contributed by atoms with Gasteiger partial charge in [0, 0.05) is 25.9 Å². The van der Waals surface area contributed by atoms with Crippen molar-refractivity contribution in [2.24, 2.45) is 10.9 Å². The maximum atomic E-state index is 13.4. The first-order chi connectivity index (χ1) is 10.3. The van der Waals surface area contributed by atoms with Crippen LogP contribution in [-0.2, 0) is 22.1 Å². The molecule has 122 valence electrons. The predicted octanol–water partition coefficient (Wildman–Crippen LogP) is 1.44. The minimum atomic E-state index is -3.17. The third kappa shape index (κ3) is 4.98. The molecule has 0 bridgehead atoms. The summed E-state index contributed by atoms with van der Waals surface area (Å²) in [6, 6.07) is 4.59. The Morgan fingerprint density at radius 2 is 2.09 bits per heavy atom. The minimum Gasteiger partial charge on any atom is -0.353 e. The van der Waals surface area contributed by atoms with Crippen LogP contribution in [0.15, 0.2) is 23.2 Å². The van der Waals surface area contributed by atoms with Crippen LogP contribution in [0.2, 0.25) is 0 Å². The van der Waals surface area contributed by atoms with E-state index in [9.17, 15) is 12.8 Å². The molecule has 22 heavy (non-hydrogen) atoms. The monoisotopic (exact) mass is 327 g/mol. The van der Waals surface area contributed by atoms with Gasteiger partial charge in [-0.3, -0.25) is 4.99 Å². The van der Waals surface area contributed by atoms with E-state index in [-0.39, 0.29) is 11.6 Å². The summed E-state index contributed by atoms with van der Waals surface area (Å²) in [6.07, 6.45) is 2.28. The maximum Gasteiger partial charge on any atom is 0.191 e. The quantitative estimate of drug-likeness (QED) is 0.634. The molecular formula is C15H22FN3O2S. The van der Waals surface area contributed by atoms with Crippen LogP contribution >= 0.6 is 0 Å². The van der Waals surface area contributed by atoms with Crippen molar-refractivity contribution < 1.29 is 12.8 Å². The van der Waals surface area contributed by atoms with Crippen molar-refractivity contribution in [1.82, 2.24) is 10.6 Å². The van der Waals surface area contributed by atoms with Crippen molar-refractivity contribution in [3.63, 3.8) is 0 Å². The van der Waals surface area contributed by atoms with Crippen molar-refractivity contribution >= 4 is 15.8 Å². The van der Waals surface area contributed by atoms with Crippen LogP contribution in [0.3, 0.4) is 0 Å². The molecule has 7 heteroatoms. The molecule has 2 N–H and O–H groups in total. The summed E-state index contributed by atoms with van der Waals surface area (Å²) in [5.74, 6) is 0.793. The highest BCUT2D eigenvalue weighted by Crippen LogP contribution is 2.28. The number of hydrogen-bond acceptors (Lipinski definition) is 3. The summed E-state index contributed by atoms with van der Waals surface area (Å²) in [7, 11) is -1.50. The second kappa shape index (κ2) is 6.64. The Labute approximate surface area is 130 Å². The molecule has 0 radical (unpaired) electrons. The number of nitrogens with zero attached hydrogens (tertiary/aromatic N) is 1. The molecule has 0 saturated heterocycles. The molecule has 1 saturated carbocycles. The van der Waals surface area contributed by atoms with Crippen LogP contribution < -0.4 is 10.6 Å². The minimum absolute atomic E-state index is 0.101. The number of hydrogen-bond donors (Lipinski definition) is 2. The first-order valence-corrected chi connectivity index (χ1v) is 9.27. The van der Waals surface area contributed by atoms with Crippen molar-refractivity contribution in [3.05, 3.63) is 35.1 Å². The van der Waals surface area contributed by atoms with E-state index >= 15 is 0 Å². The van der Waals surface area contributed by atoms with Crippen molar-refractivity contribution in [2.75, 3.05) is 13.3 Å². The second-order valence-electron chi connectivity index (χ2n) is 5.87. The first-order valence-electron chi connectivity index (χ1n) is 7.20. The van der Waals surface area contributed by atoms with Gasteiger partial charge in [0.25, 0.3) is 0 Å². The molecule has 0 amide bonds. The van der Waals surface area contributed by atoms with Gasteiger partial charge >= 0.3 is 0 Å². The van der Waals surface area contributed by atoms with E-state index in [0.29, 0.717) is 35.6 Å². The molecule has 2 atom stereocenters. The summed E-state index contributed by atoms with van der Waals surface area (Å²) < 4.78 is 36.4. The van der Waals surface area contributed by atoms with Gasteiger partial charge < -0.3 is 10.6 Å². The third-order valence-corrected chi connectivity index (χ3v) is 4.52. The zero-order valence-electron chi connectivity index (χ0n) is 13.1. The van der Waals surface area contributed by atoms with Crippen LogP contribution in [-0.4, -0.2) is 33.7 Å². The largest absolute Gasteiger partial charge is 0.353 e. The molecular weight excluding hydrogens is 305 g/mol. The first kappa shape index (κ1) is 16.7. The van der Waals surface area contributed by atoms with E-state index in [0.717, 1.165) is 6.42 Å². The fourth-order valence-electron chi connectivity index (χ4n) is 2.25. The van der Waals surface area contributed by atoms with Gasteiger partial charge in [-0.1, -0.05) is 13.0 Å². The fraction of sp³-hybridized carbons (Fsp3) is 0.533. The average Bonchev–Trinajstić information content (AvgIpc) is 3.11. The van der Waals surface area contributed by atoms with Crippen molar-refractivity contribution in [3.8, 4) is 0 Å². The average molecular weight is 327 g/mol. The molecule has 0 heterocycles. The standard InChI is InChI=1S/C15H22FN3O2S/c1-10-6-14(10)19-15(17-2)18-8-12-7-13(16)5-4-11(12)9-22(3,20)21/h4-5,7,10,14H,6,8-9H2,1-3H3,(H2,17,18,19). The molecule has 0 aliphatic heterocycles. The number of halogens is 1. The van der Waals surface area contributed by atoms with Gasteiger partial charge in [-0.2, -0.15) is 0 Å². The van der Waals surface area contributed by atoms with Crippen LogP contribution in [0, 0.1) is 11.7 Å². The lowest BCUT2D eigenvalue weighted by Gasteiger charge is -2.14. The highest BCUT2D eigenvalue weighted by Gasteiger charge is 2.33. The molecule has 0 aromatic heterocycles. The molecule has 0 spiro atoms.